The minimum absolute atomic E-state index is 0.0192. The number of hydrogen-bond acceptors (Lipinski definition) is 3. The van der Waals surface area contributed by atoms with Gasteiger partial charge in [0, 0.05) is 28.4 Å². The highest BCUT2D eigenvalue weighted by Crippen LogP contribution is 2.28. The van der Waals surface area contributed by atoms with E-state index in [4.69, 9.17) is 44.6 Å². The van der Waals surface area contributed by atoms with Gasteiger partial charge in [0.05, 0.1) is 15.6 Å². The van der Waals surface area contributed by atoms with Gasteiger partial charge in [-0.05, 0) is 48.5 Å². The Morgan fingerprint density at radius 1 is 1.03 bits per heavy atom. The number of ether oxygens (including phenoxy) is 1. The number of rotatable bonds is 7. The maximum Gasteiger partial charge on any atom is 0.337 e. The minimum Gasteiger partial charge on any atom is -0.488 e. The van der Waals surface area contributed by atoms with Crippen LogP contribution in [-0.2, 0) is 13.2 Å². The van der Waals surface area contributed by atoms with Gasteiger partial charge in [0.25, 0.3) is 0 Å². The Labute approximate surface area is 181 Å². The van der Waals surface area contributed by atoms with Crippen molar-refractivity contribution in [3.63, 3.8) is 0 Å². The number of halogens is 4. The fraction of sp³-hybridized carbons (Fsp3) is 0.0952. The SMILES string of the molecule is O=C(O)c1ccc(NCc2cc(Cl)ccc2OCc2c(F)cccc2Cl)cc1Cl. The lowest BCUT2D eigenvalue weighted by Gasteiger charge is -2.15. The molecule has 0 aliphatic carbocycles. The lowest BCUT2D eigenvalue weighted by atomic mass is 10.1. The predicted molar refractivity (Wildman–Crippen MR) is 113 cm³/mol. The van der Waals surface area contributed by atoms with Crippen LogP contribution in [0.4, 0.5) is 10.1 Å². The van der Waals surface area contributed by atoms with Gasteiger partial charge in [0.1, 0.15) is 18.2 Å². The average Bonchev–Trinajstić information content (AvgIpc) is 2.67. The van der Waals surface area contributed by atoms with Crippen molar-refractivity contribution in [3.05, 3.63) is 92.2 Å². The number of carboxylic acids is 1. The Balaban J connectivity index is 1.75. The molecule has 0 radical (unpaired) electrons. The molecule has 0 aromatic heterocycles. The van der Waals surface area contributed by atoms with Crippen LogP contribution in [-0.4, -0.2) is 11.1 Å². The summed E-state index contributed by atoms with van der Waals surface area (Å²) in [6.07, 6.45) is 0. The molecule has 0 aliphatic heterocycles. The molecule has 3 aromatic rings. The van der Waals surface area contributed by atoms with Crippen molar-refractivity contribution < 1.29 is 19.0 Å². The predicted octanol–water partition coefficient (Wildman–Crippen LogP) is 6.68. The van der Waals surface area contributed by atoms with Gasteiger partial charge >= 0.3 is 5.97 Å². The molecule has 0 aliphatic rings. The van der Waals surface area contributed by atoms with Crippen LogP contribution in [0.25, 0.3) is 0 Å². The first kappa shape index (κ1) is 21.2. The first-order chi connectivity index (χ1) is 13.8. The van der Waals surface area contributed by atoms with Crippen molar-refractivity contribution >= 4 is 46.5 Å². The third-order valence-electron chi connectivity index (χ3n) is 4.14. The van der Waals surface area contributed by atoms with Crippen molar-refractivity contribution in [2.45, 2.75) is 13.2 Å². The quantitative estimate of drug-likeness (QED) is 0.418. The second-order valence-electron chi connectivity index (χ2n) is 6.09. The fourth-order valence-electron chi connectivity index (χ4n) is 2.64. The lowest BCUT2D eigenvalue weighted by Crippen LogP contribution is -2.05. The van der Waals surface area contributed by atoms with Crippen LogP contribution in [0.3, 0.4) is 0 Å². The van der Waals surface area contributed by atoms with E-state index < -0.39 is 11.8 Å². The van der Waals surface area contributed by atoms with Crippen molar-refractivity contribution in [1.29, 1.82) is 0 Å². The number of carbonyl (C=O) groups is 1. The van der Waals surface area contributed by atoms with Gasteiger partial charge < -0.3 is 15.2 Å². The summed E-state index contributed by atoms with van der Waals surface area (Å²) in [7, 11) is 0. The van der Waals surface area contributed by atoms with Crippen LogP contribution in [0.1, 0.15) is 21.5 Å². The number of hydrogen-bond donors (Lipinski definition) is 2. The summed E-state index contributed by atoms with van der Waals surface area (Å²) in [5.41, 5.74) is 1.64. The van der Waals surface area contributed by atoms with E-state index in [1.54, 1.807) is 30.3 Å². The van der Waals surface area contributed by atoms with Crippen LogP contribution >= 0.6 is 34.8 Å². The summed E-state index contributed by atoms with van der Waals surface area (Å²) in [5.74, 6) is -1.03. The molecule has 3 rings (SSSR count). The summed E-state index contributed by atoms with van der Waals surface area (Å²) in [5, 5.41) is 13.1. The van der Waals surface area contributed by atoms with Gasteiger partial charge in [-0.2, -0.15) is 0 Å². The molecular weight excluding hydrogens is 440 g/mol. The topological polar surface area (TPSA) is 58.6 Å². The highest BCUT2D eigenvalue weighted by molar-refractivity contribution is 6.33. The molecule has 150 valence electrons. The second kappa shape index (κ2) is 9.35. The zero-order valence-corrected chi connectivity index (χ0v) is 17.2. The smallest absolute Gasteiger partial charge is 0.337 e. The van der Waals surface area contributed by atoms with Gasteiger partial charge in [-0.25, -0.2) is 9.18 Å². The summed E-state index contributed by atoms with van der Waals surface area (Å²) in [6.45, 7) is 0.281. The molecule has 0 spiro atoms. The second-order valence-corrected chi connectivity index (χ2v) is 7.35. The standard InChI is InChI=1S/C21H15Cl3FNO3/c22-13-4-7-20(29-11-16-17(23)2-1-3-19(16)25)12(8-13)10-26-14-5-6-15(21(27)28)18(24)9-14/h1-9,26H,10-11H2,(H,27,28). The third kappa shape index (κ3) is 5.32. The van der Waals surface area contributed by atoms with Crippen molar-refractivity contribution in [2.75, 3.05) is 5.32 Å². The fourth-order valence-corrected chi connectivity index (χ4v) is 3.32. The average molecular weight is 455 g/mol. The first-order valence-corrected chi connectivity index (χ1v) is 9.59. The maximum absolute atomic E-state index is 14.0. The van der Waals surface area contributed by atoms with Crippen LogP contribution < -0.4 is 10.1 Å². The number of nitrogens with one attached hydrogen (secondary N) is 1. The molecule has 0 heterocycles. The van der Waals surface area contributed by atoms with E-state index in [1.807, 2.05) is 0 Å². The molecule has 0 amide bonds. The van der Waals surface area contributed by atoms with E-state index in [-0.39, 0.29) is 27.8 Å². The van der Waals surface area contributed by atoms with E-state index >= 15 is 0 Å². The summed E-state index contributed by atoms with van der Waals surface area (Å²) < 4.78 is 19.7. The largest absolute Gasteiger partial charge is 0.488 e. The Morgan fingerprint density at radius 3 is 2.52 bits per heavy atom. The summed E-state index contributed by atoms with van der Waals surface area (Å²) in [6, 6.07) is 14.1. The monoisotopic (exact) mass is 453 g/mol. The van der Waals surface area contributed by atoms with Crippen LogP contribution in [0, 0.1) is 5.82 Å². The van der Waals surface area contributed by atoms with E-state index in [0.717, 1.165) is 5.56 Å². The molecule has 0 fully saturated rings. The maximum atomic E-state index is 14.0. The molecule has 0 unspecified atom stereocenters. The Bertz CT molecular complexity index is 1040. The van der Waals surface area contributed by atoms with Gasteiger partial charge in [0.2, 0.25) is 0 Å². The normalized spacial score (nSPS) is 10.6. The van der Waals surface area contributed by atoms with E-state index in [0.29, 0.717) is 23.0 Å². The lowest BCUT2D eigenvalue weighted by molar-refractivity contribution is 0.0697. The summed E-state index contributed by atoms with van der Waals surface area (Å²) >= 11 is 18.1. The minimum atomic E-state index is -1.10. The molecule has 3 aromatic carbocycles. The van der Waals surface area contributed by atoms with Gasteiger partial charge in [-0.1, -0.05) is 40.9 Å². The van der Waals surface area contributed by atoms with Crippen LogP contribution in [0.5, 0.6) is 5.75 Å². The zero-order valence-electron chi connectivity index (χ0n) is 14.9. The molecule has 0 bridgehead atoms. The molecule has 29 heavy (non-hydrogen) atoms. The van der Waals surface area contributed by atoms with Crippen molar-refractivity contribution in [3.8, 4) is 5.75 Å². The number of anilines is 1. The molecule has 0 saturated heterocycles. The Kier molecular flexibility index (Phi) is 6.85. The van der Waals surface area contributed by atoms with Crippen molar-refractivity contribution in [1.82, 2.24) is 0 Å². The number of aromatic carboxylic acids is 1. The molecule has 0 saturated carbocycles. The number of benzene rings is 3. The van der Waals surface area contributed by atoms with Crippen LogP contribution in [0.2, 0.25) is 15.1 Å². The highest BCUT2D eigenvalue weighted by atomic mass is 35.5. The highest BCUT2D eigenvalue weighted by Gasteiger charge is 2.12. The van der Waals surface area contributed by atoms with Crippen molar-refractivity contribution in [2.24, 2.45) is 0 Å². The third-order valence-corrected chi connectivity index (χ3v) is 5.04. The van der Waals surface area contributed by atoms with E-state index in [2.05, 4.69) is 5.32 Å². The summed E-state index contributed by atoms with van der Waals surface area (Å²) in [4.78, 5) is 11.1. The first-order valence-electron chi connectivity index (χ1n) is 8.46. The van der Waals surface area contributed by atoms with Gasteiger partial charge in [-0.3, -0.25) is 0 Å². The molecule has 4 nitrogen and oxygen atoms in total. The Hall–Kier alpha value is -2.47. The van der Waals surface area contributed by atoms with E-state index in [9.17, 15) is 9.18 Å². The van der Waals surface area contributed by atoms with Crippen LogP contribution in [0.15, 0.2) is 54.6 Å². The zero-order chi connectivity index (χ0) is 21.0. The molecule has 2 N–H and O–H groups in total. The van der Waals surface area contributed by atoms with Gasteiger partial charge in [-0.15, -0.1) is 0 Å². The number of carboxylic acid groups (broad SMARTS) is 1. The Morgan fingerprint density at radius 2 is 1.83 bits per heavy atom. The molecular formula is C21H15Cl3FNO3. The molecule has 8 heteroatoms. The van der Waals surface area contributed by atoms with E-state index in [1.165, 1.54) is 24.3 Å². The van der Waals surface area contributed by atoms with Gasteiger partial charge in [0.15, 0.2) is 0 Å². The molecule has 0 atom stereocenters.